The van der Waals surface area contributed by atoms with Gasteiger partial charge in [-0.3, -0.25) is 10.2 Å². The lowest BCUT2D eigenvalue weighted by molar-refractivity contribution is -0.120. The van der Waals surface area contributed by atoms with E-state index in [-0.39, 0.29) is 11.2 Å². The van der Waals surface area contributed by atoms with Crippen LogP contribution in [-0.4, -0.2) is 11.2 Å². The quantitative estimate of drug-likeness (QED) is 0.321. The van der Waals surface area contributed by atoms with Gasteiger partial charge in [0.2, 0.25) is 5.91 Å². The summed E-state index contributed by atoms with van der Waals surface area (Å²) >= 11 is 1.58. The fourth-order valence-electron chi connectivity index (χ4n) is 1.22. The molecule has 0 spiro atoms. The summed E-state index contributed by atoms with van der Waals surface area (Å²) in [6.07, 6.45) is 9.34. The second-order valence-electron chi connectivity index (χ2n) is 2.91. The predicted octanol–water partition coefficient (Wildman–Crippen LogP) is 1.50. The van der Waals surface area contributed by atoms with Crippen LogP contribution in [-0.2, 0) is 4.79 Å². The van der Waals surface area contributed by atoms with E-state index in [0.29, 0.717) is 0 Å². The topological polar surface area (TPSA) is 55.1 Å². The number of allylic oxidation sites excluding steroid dienone is 5. The normalized spacial score (nSPS) is 24.4. The van der Waals surface area contributed by atoms with E-state index in [1.54, 1.807) is 17.8 Å². The maximum atomic E-state index is 11.2. The first-order chi connectivity index (χ1) is 6.77. The molecule has 4 heteroatoms. The fourth-order valence-corrected chi connectivity index (χ4v) is 2.38. The summed E-state index contributed by atoms with van der Waals surface area (Å²) in [5.74, 6) is 4.97. The molecule has 1 aliphatic heterocycles. The third-order valence-corrected chi connectivity index (χ3v) is 3.29. The largest absolute Gasteiger partial charge is 0.293 e. The van der Waals surface area contributed by atoms with Gasteiger partial charge in [0.25, 0.3) is 0 Å². The number of thioether (sulfide) groups is 1. The lowest BCUT2D eigenvalue weighted by atomic mass is 10.2. The number of hydrogen-bond donors (Lipinski definition) is 2. The second-order valence-corrected chi connectivity index (χ2v) is 4.24. The van der Waals surface area contributed by atoms with Gasteiger partial charge in [0.05, 0.1) is 5.25 Å². The van der Waals surface area contributed by atoms with Crippen LogP contribution in [0.4, 0.5) is 0 Å². The number of nitrogens with two attached hydrogens (primary N) is 1. The van der Waals surface area contributed by atoms with E-state index in [9.17, 15) is 4.79 Å². The van der Waals surface area contributed by atoms with Crippen molar-refractivity contribution in [2.45, 2.75) is 18.1 Å². The van der Waals surface area contributed by atoms with Crippen LogP contribution >= 0.6 is 11.8 Å². The molecular weight excluding hydrogens is 196 g/mol. The number of carbonyl (C=O) groups is 1. The molecule has 1 amide bonds. The van der Waals surface area contributed by atoms with Crippen LogP contribution < -0.4 is 11.3 Å². The molecule has 14 heavy (non-hydrogen) atoms. The van der Waals surface area contributed by atoms with Crippen LogP contribution in [0.3, 0.4) is 0 Å². The third kappa shape index (κ3) is 3.05. The minimum Gasteiger partial charge on any atom is -0.293 e. The van der Waals surface area contributed by atoms with Crippen molar-refractivity contribution < 1.29 is 4.79 Å². The molecule has 1 aliphatic rings. The molecule has 1 rings (SSSR count). The Hall–Kier alpha value is -1.00. The molecule has 0 radical (unpaired) electrons. The Kier molecular flexibility index (Phi) is 4.49. The van der Waals surface area contributed by atoms with Gasteiger partial charge in [0, 0.05) is 0 Å². The summed E-state index contributed by atoms with van der Waals surface area (Å²) in [6.45, 7) is 3.58. The van der Waals surface area contributed by atoms with Gasteiger partial charge in [0.1, 0.15) is 0 Å². The molecule has 1 unspecified atom stereocenters. The minimum atomic E-state index is -0.0916. The first-order valence-electron chi connectivity index (χ1n) is 4.43. The Labute approximate surface area is 88.1 Å². The van der Waals surface area contributed by atoms with Crippen molar-refractivity contribution in [2.24, 2.45) is 5.84 Å². The third-order valence-electron chi connectivity index (χ3n) is 1.91. The molecule has 0 aliphatic carbocycles. The van der Waals surface area contributed by atoms with Gasteiger partial charge < -0.3 is 0 Å². The molecule has 1 atom stereocenters. The van der Waals surface area contributed by atoms with Crippen molar-refractivity contribution in [1.82, 2.24) is 5.43 Å². The molecule has 3 nitrogen and oxygen atoms in total. The number of rotatable bonds is 3. The number of hydrazine groups is 1. The van der Waals surface area contributed by atoms with Crippen molar-refractivity contribution in [2.75, 3.05) is 0 Å². The van der Waals surface area contributed by atoms with Crippen LogP contribution in [0.2, 0.25) is 0 Å². The smallest absolute Gasteiger partial charge is 0.247 e. The van der Waals surface area contributed by atoms with Crippen LogP contribution in [0.5, 0.6) is 0 Å². The lowest BCUT2D eigenvalue weighted by Crippen LogP contribution is -2.36. The predicted molar refractivity (Wildman–Crippen MR) is 60.4 cm³/mol. The van der Waals surface area contributed by atoms with Gasteiger partial charge in [-0.2, -0.15) is 0 Å². The van der Waals surface area contributed by atoms with Crippen molar-refractivity contribution in [3.63, 3.8) is 0 Å². The van der Waals surface area contributed by atoms with E-state index < -0.39 is 0 Å². The highest BCUT2D eigenvalue weighted by atomic mass is 32.2. The zero-order valence-electron chi connectivity index (χ0n) is 7.90. The molecule has 0 saturated carbocycles. The number of amides is 1. The van der Waals surface area contributed by atoms with Crippen molar-refractivity contribution in [3.8, 4) is 0 Å². The van der Waals surface area contributed by atoms with E-state index in [1.807, 2.05) is 18.2 Å². The standard InChI is InChI=1S/C10H14N2OS/c1-2-3-4-5-8-6-7-9(14-8)10(13)12-11/h2-5,9H,1,6-7,11H2,(H,12,13)/b4-3-,8-5+. The Balaban J connectivity index is 2.48. The van der Waals surface area contributed by atoms with Gasteiger partial charge in [0.15, 0.2) is 0 Å². The SMILES string of the molecule is C=C/C=C\C=C1/CCC(C(=O)NN)S1. The highest BCUT2D eigenvalue weighted by Gasteiger charge is 2.25. The Morgan fingerprint density at radius 1 is 1.64 bits per heavy atom. The molecule has 1 saturated heterocycles. The second kappa shape index (κ2) is 5.67. The van der Waals surface area contributed by atoms with Crippen molar-refractivity contribution in [3.05, 3.63) is 35.8 Å². The molecule has 0 bridgehead atoms. The van der Waals surface area contributed by atoms with Crippen molar-refractivity contribution >= 4 is 17.7 Å². The highest BCUT2D eigenvalue weighted by molar-refractivity contribution is 8.04. The lowest BCUT2D eigenvalue weighted by Gasteiger charge is -2.04. The van der Waals surface area contributed by atoms with E-state index in [2.05, 4.69) is 12.0 Å². The van der Waals surface area contributed by atoms with Crippen LogP contribution in [0.15, 0.2) is 35.8 Å². The monoisotopic (exact) mass is 210 g/mol. The van der Waals surface area contributed by atoms with Gasteiger partial charge in [-0.1, -0.05) is 30.9 Å². The molecular formula is C10H14N2OS. The van der Waals surface area contributed by atoms with E-state index in [0.717, 1.165) is 12.8 Å². The van der Waals surface area contributed by atoms with E-state index >= 15 is 0 Å². The van der Waals surface area contributed by atoms with Crippen molar-refractivity contribution in [1.29, 1.82) is 0 Å². The maximum Gasteiger partial charge on any atom is 0.247 e. The minimum absolute atomic E-state index is 0.0246. The van der Waals surface area contributed by atoms with E-state index in [1.165, 1.54) is 4.91 Å². The Morgan fingerprint density at radius 3 is 3.07 bits per heavy atom. The highest BCUT2D eigenvalue weighted by Crippen LogP contribution is 2.36. The average molecular weight is 210 g/mol. The number of nitrogens with one attached hydrogen (secondary N) is 1. The summed E-state index contributed by atoms with van der Waals surface area (Å²) in [4.78, 5) is 12.4. The number of carbonyl (C=O) groups excluding carboxylic acids is 1. The summed E-state index contributed by atoms with van der Waals surface area (Å²) in [7, 11) is 0. The molecule has 0 aromatic rings. The van der Waals surface area contributed by atoms with Gasteiger partial charge in [-0.15, -0.1) is 11.8 Å². The van der Waals surface area contributed by atoms with Gasteiger partial charge in [-0.25, -0.2) is 5.84 Å². The molecule has 76 valence electrons. The fraction of sp³-hybridized carbons (Fsp3) is 0.300. The summed E-state index contributed by atoms with van der Waals surface area (Å²) in [6, 6.07) is 0. The molecule has 1 heterocycles. The zero-order chi connectivity index (χ0) is 10.4. The summed E-state index contributed by atoms with van der Waals surface area (Å²) < 4.78 is 0. The molecule has 3 N–H and O–H groups in total. The first-order valence-corrected chi connectivity index (χ1v) is 5.31. The van der Waals surface area contributed by atoms with Gasteiger partial charge >= 0.3 is 0 Å². The van der Waals surface area contributed by atoms with Gasteiger partial charge in [-0.05, 0) is 17.7 Å². The zero-order valence-corrected chi connectivity index (χ0v) is 8.72. The first kappa shape index (κ1) is 11.1. The van der Waals surface area contributed by atoms with Crippen LogP contribution in [0, 0.1) is 0 Å². The average Bonchev–Trinajstić information content (AvgIpc) is 2.66. The van der Waals surface area contributed by atoms with Crippen LogP contribution in [0.25, 0.3) is 0 Å². The summed E-state index contributed by atoms with van der Waals surface area (Å²) in [5, 5.41) is -0.0246. The van der Waals surface area contributed by atoms with E-state index in [4.69, 9.17) is 5.84 Å². The summed E-state index contributed by atoms with van der Waals surface area (Å²) in [5.41, 5.74) is 2.17. The Bertz CT molecular complexity index is 284. The molecule has 0 aromatic carbocycles. The number of hydrogen-bond acceptors (Lipinski definition) is 3. The molecule has 0 aromatic heterocycles. The maximum absolute atomic E-state index is 11.2. The molecule has 1 fully saturated rings. The Morgan fingerprint density at radius 2 is 2.43 bits per heavy atom. The van der Waals surface area contributed by atoms with Crippen LogP contribution in [0.1, 0.15) is 12.8 Å².